The van der Waals surface area contributed by atoms with Gasteiger partial charge in [0.1, 0.15) is 11.4 Å². The Kier molecular flexibility index (Phi) is 3.38. The van der Waals surface area contributed by atoms with Crippen LogP contribution in [0.3, 0.4) is 0 Å². The average molecular weight is 305 g/mol. The van der Waals surface area contributed by atoms with Crippen LogP contribution in [0.5, 0.6) is 5.75 Å². The minimum Gasteiger partial charge on any atom is -0.504 e. The molecule has 20 heavy (non-hydrogen) atoms. The maximum atomic E-state index is 10.3. The molecule has 3 aromatic rings. The van der Waals surface area contributed by atoms with Crippen molar-refractivity contribution in [2.45, 2.75) is 0 Å². The maximum absolute atomic E-state index is 10.3. The highest BCUT2D eigenvalue weighted by molar-refractivity contribution is 6.36. The molecule has 3 nitrogen and oxygen atoms in total. The molecule has 0 radical (unpaired) electrons. The number of hydrogen-bond donors (Lipinski definition) is 2. The van der Waals surface area contributed by atoms with Gasteiger partial charge in [0, 0.05) is 16.1 Å². The number of aromatic nitrogens is 2. The van der Waals surface area contributed by atoms with E-state index in [1.54, 1.807) is 18.2 Å². The second-order valence-corrected chi connectivity index (χ2v) is 5.13. The first kappa shape index (κ1) is 13.0. The van der Waals surface area contributed by atoms with Gasteiger partial charge in [-0.25, -0.2) is 0 Å². The Morgan fingerprint density at radius 2 is 1.75 bits per heavy atom. The Morgan fingerprint density at radius 3 is 2.45 bits per heavy atom. The van der Waals surface area contributed by atoms with Crippen LogP contribution in [0, 0.1) is 0 Å². The lowest BCUT2D eigenvalue weighted by molar-refractivity contribution is 0.479. The molecule has 100 valence electrons. The van der Waals surface area contributed by atoms with E-state index in [2.05, 4.69) is 10.2 Å². The van der Waals surface area contributed by atoms with Gasteiger partial charge in [-0.3, -0.25) is 5.10 Å². The minimum absolute atomic E-state index is 0.0698. The molecule has 0 aliphatic carbocycles. The standard InChI is InChI=1S/C15H10Cl2N2O/c16-10-6-7-11(12(17)8-10)14-15(20)13(18-19-14)9-4-2-1-3-5-9/h1-8,20H,(H,18,19). The molecule has 0 unspecified atom stereocenters. The van der Waals surface area contributed by atoms with Crippen molar-refractivity contribution in [3.63, 3.8) is 0 Å². The normalized spacial score (nSPS) is 10.7. The van der Waals surface area contributed by atoms with E-state index in [0.29, 0.717) is 27.0 Å². The fourth-order valence-corrected chi connectivity index (χ4v) is 2.52. The zero-order valence-corrected chi connectivity index (χ0v) is 11.8. The quantitative estimate of drug-likeness (QED) is 0.717. The third-order valence-corrected chi connectivity index (χ3v) is 3.54. The summed E-state index contributed by atoms with van der Waals surface area (Å²) in [7, 11) is 0. The average Bonchev–Trinajstić information content (AvgIpc) is 2.82. The number of benzene rings is 2. The van der Waals surface area contributed by atoms with Gasteiger partial charge in [-0.15, -0.1) is 0 Å². The van der Waals surface area contributed by atoms with Crippen molar-refractivity contribution in [2.24, 2.45) is 0 Å². The largest absolute Gasteiger partial charge is 0.504 e. The summed E-state index contributed by atoms with van der Waals surface area (Å²) in [5, 5.41) is 18.3. The van der Waals surface area contributed by atoms with E-state index in [4.69, 9.17) is 23.2 Å². The highest BCUT2D eigenvalue weighted by Gasteiger charge is 2.17. The zero-order chi connectivity index (χ0) is 14.1. The zero-order valence-electron chi connectivity index (χ0n) is 10.3. The number of nitrogens with zero attached hydrogens (tertiary/aromatic N) is 1. The van der Waals surface area contributed by atoms with Gasteiger partial charge in [-0.2, -0.15) is 5.10 Å². The van der Waals surface area contributed by atoms with Crippen LogP contribution in [0.2, 0.25) is 10.0 Å². The number of aromatic amines is 1. The first-order valence-corrected chi connectivity index (χ1v) is 6.70. The van der Waals surface area contributed by atoms with Crippen LogP contribution in [0.4, 0.5) is 0 Å². The van der Waals surface area contributed by atoms with Crippen molar-refractivity contribution in [2.75, 3.05) is 0 Å². The lowest BCUT2D eigenvalue weighted by Crippen LogP contribution is -1.80. The summed E-state index contributed by atoms with van der Waals surface area (Å²) in [4.78, 5) is 0. The summed E-state index contributed by atoms with van der Waals surface area (Å²) in [5.74, 6) is 0.0698. The SMILES string of the molecule is Oc1c(-c2ccccc2)n[nH]c1-c1ccc(Cl)cc1Cl. The maximum Gasteiger partial charge on any atom is 0.169 e. The second kappa shape index (κ2) is 5.19. The van der Waals surface area contributed by atoms with E-state index in [9.17, 15) is 5.11 Å². The summed E-state index contributed by atoms with van der Waals surface area (Å²) < 4.78 is 0. The number of halogens is 2. The van der Waals surface area contributed by atoms with Crippen LogP contribution in [0.1, 0.15) is 0 Å². The monoisotopic (exact) mass is 304 g/mol. The molecule has 2 aromatic carbocycles. The number of hydrogen-bond acceptors (Lipinski definition) is 2. The summed E-state index contributed by atoms with van der Waals surface area (Å²) >= 11 is 12.0. The fraction of sp³-hybridized carbons (Fsp3) is 0. The number of nitrogens with one attached hydrogen (secondary N) is 1. The minimum atomic E-state index is 0.0698. The van der Waals surface area contributed by atoms with Crippen molar-refractivity contribution in [1.29, 1.82) is 0 Å². The highest BCUT2D eigenvalue weighted by atomic mass is 35.5. The molecule has 0 amide bonds. The van der Waals surface area contributed by atoms with Gasteiger partial charge in [0.2, 0.25) is 0 Å². The van der Waals surface area contributed by atoms with E-state index in [0.717, 1.165) is 5.56 Å². The molecule has 0 fully saturated rings. The molecule has 1 heterocycles. The predicted molar refractivity (Wildman–Crippen MR) is 81.1 cm³/mol. The summed E-state index contributed by atoms with van der Waals surface area (Å²) in [6.45, 7) is 0. The predicted octanol–water partition coefficient (Wildman–Crippen LogP) is 4.76. The summed E-state index contributed by atoms with van der Waals surface area (Å²) in [6, 6.07) is 14.5. The van der Waals surface area contributed by atoms with Crippen LogP contribution < -0.4 is 0 Å². The topological polar surface area (TPSA) is 48.9 Å². The molecular formula is C15H10Cl2N2O. The molecule has 0 aliphatic heterocycles. The van der Waals surface area contributed by atoms with Crippen LogP contribution in [-0.2, 0) is 0 Å². The molecule has 0 bridgehead atoms. The Morgan fingerprint density at radius 1 is 1.00 bits per heavy atom. The van der Waals surface area contributed by atoms with E-state index in [1.165, 1.54) is 0 Å². The molecule has 3 rings (SSSR count). The van der Waals surface area contributed by atoms with Crippen molar-refractivity contribution >= 4 is 23.2 Å². The molecule has 5 heteroatoms. The lowest BCUT2D eigenvalue weighted by atomic mass is 10.1. The van der Waals surface area contributed by atoms with Gasteiger partial charge in [0.25, 0.3) is 0 Å². The molecule has 0 aliphatic rings. The van der Waals surface area contributed by atoms with Crippen molar-refractivity contribution in [1.82, 2.24) is 10.2 Å². The number of aromatic hydroxyl groups is 1. The first-order valence-electron chi connectivity index (χ1n) is 5.95. The van der Waals surface area contributed by atoms with E-state index >= 15 is 0 Å². The van der Waals surface area contributed by atoms with Crippen LogP contribution in [-0.4, -0.2) is 15.3 Å². The molecule has 0 atom stereocenters. The van der Waals surface area contributed by atoms with Gasteiger partial charge in [-0.1, -0.05) is 53.5 Å². The van der Waals surface area contributed by atoms with E-state index in [1.807, 2.05) is 30.3 Å². The third-order valence-electron chi connectivity index (χ3n) is 2.99. The molecule has 1 aromatic heterocycles. The third kappa shape index (κ3) is 2.26. The van der Waals surface area contributed by atoms with Crippen LogP contribution in [0.15, 0.2) is 48.5 Å². The molecule has 0 spiro atoms. The number of H-pyrrole nitrogens is 1. The second-order valence-electron chi connectivity index (χ2n) is 4.29. The van der Waals surface area contributed by atoms with E-state index in [-0.39, 0.29) is 5.75 Å². The van der Waals surface area contributed by atoms with Gasteiger partial charge < -0.3 is 5.11 Å². The first-order chi connectivity index (χ1) is 9.66. The van der Waals surface area contributed by atoms with Crippen LogP contribution in [0.25, 0.3) is 22.5 Å². The molecular weight excluding hydrogens is 295 g/mol. The molecule has 0 saturated heterocycles. The Bertz CT molecular complexity index is 754. The Hall–Kier alpha value is -1.97. The van der Waals surface area contributed by atoms with Gasteiger partial charge in [0.05, 0.1) is 5.02 Å². The number of rotatable bonds is 2. The van der Waals surface area contributed by atoms with Crippen molar-refractivity contribution in [3.05, 3.63) is 58.6 Å². The van der Waals surface area contributed by atoms with Crippen molar-refractivity contribution < 1.29 is 5.11 Å². The summed E-state index contributed by atoms with van der Waals surface area (Å²) in [5.41, 5.74) is 2.46. The smallest absolute Gasteiger partial charge is 0.169 e. The summed E-state index contributed by atoms with van der Waals surface area (Å²) in [6.07, 6.45) is 0. The van der Waals surface area contributed by atoms with Gasteiger partial charge in [0.15, 0.2) is 5.75 Å². The fourth-order valence-electron chi connectivity index (χ4n) is 2.01. The van der Waals surface area contributed by atoms with Crippen molar-refractivity contribution in [3.8, 4) is 28.3 Å². The molecule has 0 saturated carbocycles. The molecule has 2 N–H and O–H groups in total. The Balaban J connectivity index is 2.11. The highest BCUT2D eigenvalue weighted by Crippen LogP contribution is 2.39. The Labute approximate surface area is 125 Å². The van der Waals surface area contributed by atoms with Gasteiger partial charge >= 0.3 is 0 Å². The van der Waals surface area contributed by atoms with Gasteiger partial charge in [-0.05, 0) is 18.2 Å². The van der Waals surface area contributed by atoms with Crippen LogP contribution >= 0.6 is 23.2 Å². The lowest BCUT2D eigenvalue weighted by Gasteiger charge is -2.03. The van der Waals surface area contributed by atoms with E-state index < -0.39 is 0 Å².